The van der Waals surface area contributed by atoms with Crippen LogP contribution in [0.3, 0.4) is 0 Å². The molecule has 7 nitrogen and oxygen atoms in total. The van der Waals surface area contributed by atoms with Crippen molar-refractivity contribution < 1.29 is 32.2 Å². The number of nitrogens with two attached hydrogens (primary N) is 1. The average molecular weight is 504 g/mol. The third-order valence-corrected chi connectivity index (χ3v) is 5.83. The third kappa shape index (κ3) is 5.12. The lowest BCUT2D eigenvalue weighted by Crippen LogP contribution is -2.21. The highest BCUT2D eigenvalue weighted by atomic mass is 19.2. The van der Waals surface area contributed by atoms with Crippen LogP contribution in [0.15, 0.2) is 42.9 Å². The number of fused-ring (bicyclic) bond motifs is 1. The predicted molar refractivity (Wildman–Crippen MR) is 124 cm³/mol. The van der Waals surface area contributed by atoms with Gasteiger partial charge in [0.2, 0.25) is 0 Å². The van der Waals surface area contributed by atoms with Crippen molar-refractivity contribution in [3.63, 3.8) is 0 Å². The number of hydrogen-bond donors (Lipinski definition) is 2. The Hall–Kier alpha value is -3.70. The molecule has 0 radical (unpaired) electrons. The van der Waals surface area contributed by atoms with Crippen molar-refractivity contribution in [3.05, 3.63) is 77.3 Å². The molecule has 0 spiro atoms. The Morgan fingerprint density at radius 1 is 1.08 bits per heavy atom. The molecule has 1 atom stereocenters. The summed E-state index contributed by atoms with van der Waals surface area (Å²) in [4.78, 5) is 11.6. The maximum absolute atomic E-state index is 14.4. The lowest BCUT2D eigenvalue weighted by atomic mass is 10.1. The minimum absolute atomic E-state index is 0.0153. The van der Waals surface area contributed by atoms with E-state index in [2.05, 4.69) is 5.10 Å². The van der Waals surface area contributed by atoms with Gasteiger partial charge < -0.3 is 20.1 Å². The second-order valence-electron chi connectivity index (χ2n) is 8.49. The topological polar surface area (TPSA) is 95.3 Å². The Morgan fingerprint density at radius 3 is 2.31 bits per heavy atom. The number of halogens is 4. The van der Waals surface area contributed by atoms with E-state index in [0.29, 0.717) is 12.2 Å². The molecule has 5 rings (SSSR count). The number of aliphatic hydroxyl groups excluding tert-OH is 1. The first kappa shape index (κ1) is 25.4. The fourth-order valence-corrected chi connectivity index (χ4v) is 4.03. The number of nitrogens with zero attached hydrogens (tertiary/aromatic N) is 3. The Morgan fingerprint density at radius 2 is 1.78 bits per heavy atom. The number of aromatic nitrogens is 3. The first-order chi connectivity index (χ1) is 17.2. The Kier molecular flexibility index (Phi) is 7.41. The number of rotatable bonds is 4. The molecule has 0 aliphatic carbocycles. The molecule has 11 heteroatoms. The predicted octanol–water partition coefficient (Wildman–Crippen LogP) is 3.90. The van der Waals surface area contributed by atoms with Crippen molar-refractivity contribution in [2.24, 2.45) is 12.8 Å². The summed E-state index contributed by atoms with van der Waals surface area (Å²) in [6.07, 6.45) is 6.37. The number of hydrogen-bond acceptors (Lipinski definition) is 4. The van der Waals surface area contributed by atoms with Crippen LogP contribution >= 0.6 is 0 Å². The van der Waals surface area contributed by atoms with Gasteiger partial charge in [0.1, 0.15) is 0 Å². The number of carbonyl (C=O) groups excluding carboxylic acids is 1. The van der Waals surface area contributed by atoms with Gasteiger partial charge in [0.15, 0.2) is 23.3 Å². The van der Waals surface area contributed by atoms with Crippen molar-refractivity contribution in [3.8, 4) is 11.1 Å². The number of benzene rings is 2. The molecular formula is C25H24F4N4O3. The fourth-order valence-electron chi connectivity index (χ4n) is 4.03. The van der Waals surface area contributed by atoms with Crippen LogP contribution in [-0.2, 0) is 18.3 Å². The smallest absolute Gasteiger partial charge is 0.250 e. The summed E-state index contributed by atoms with van der Waals surface area (Å²) in [6.45, 7) is 1.36. The molecule has 0 saturated carbocycles. The van der Waals surface area contributed by atoms with Gasteiger partial charge in [-0.1, -0.05) is 24.3 Å². The van der Waals surface area contributed by atoms with E-state index in [9.17, 15) is 22.4 Å². The molecule has 1 saturated heterocycles. The number of ether oxygens (including phenoxy) is 1. The SMILES string of the molecule is Cn1cc(-c2ccc(Cn3cc(C(N)=O)c4c(F)c(F)c(F)c(F)c43)cc2)cn1.OC1CCCOC1. The monoisotopic (exact) mass is 504 g/mol. The maximum Gasteiger partial charge on any atom is 0.250 e. The zero-order valence-electron chi connectivity index (χ0n) is 19.3. The first-order valence-corrected chi connectivity index (χ1v) is 11.2. The van der Waals surface area contributed by atoms with E-state index in [1.54, 1.807) is 30.1 Å². The number of amides is 1. The lowest BCUT2D eigenvalue weighted by Gasteiger charge is -2.15. The van der Waals surface area contributed by atoms with Gasteiger partial charge in [-0.2, -0.15) is 5.10 Å². The van der Waals surface area contributed by atoms with Crippen LogP contribution in [0.2, 0.25) is 0 Å². The minimum atomic E-state index is -1.99. The Labute approximate surface area is 203 Å². The van der Waals surface area contributed by atoms with E-state index >= 15 is 0 Å². The second-order valence-corrected chi connectivity index (χ2v) is 8.49. The summed E-state index contributed by atoms with van der Waals surface area (Å²) in [5, 5.41) is 12.2. The van der Waals surface area contributed by atoms with Gasteiger partial charge in [-0.3, -0.25) is 9.48 Å². The Balaban J connectivity index is 0.000000375. The van der Waals surface area contributed by atoms with Crippen LogP contribution < -0.4 is 5.73 Å². The summed E-state index contributed by atoms with van der Waals surface area (Å²) in [7, 11) is 1.79. The molecule has 190 valence electrons. The largest absolute Gasteiger partial charge is 0.391 e. The fraction of sp³-hybridized carbons (Fsp3) is 0.280. The first-order valence-electron chi connectivity index (χ1n) is 11.2. The average Bonchev–Trinajstić information content (AvgIpc) is 3.47. The molecule has 1 aliphatic rings. The molecule has 1 amide bonds. The van der Waals surface area contributed by atoms with Gasteiger partial charge >= 0.3 is 0 Å². The van der Waals surface area contributed by atoms with E-state index in [-0.39, 0.29) is 12.6 Å². The highest BCUT2D eigenvalue weighted by molar-refractivity contribution is 6.06. The second kappa shape index (κ2) is 10.5. The number of aliphatic hydroxyl groups is 1. The molecule has 0 bridgehead atoms. The minimum Gasteiger partial charge on any atom is -0.391 e. The summed E-state index contributed by atoms with van der Waals surface area (Å²) >= 11 is 0. The third-order valence-electron chi connectivity index (χ3n) is 5.83. The molecule has 36 heavy (non-hydrogen) atoms. The van der Waals surface area contributed by atoms with Crippen LogP contribution in [0.1, 0.15) is 28.8 Å². The van der Waals surface area contributed by atoms with Crippen molar-refractivity contribution in [2.75, 3.05) is 13.2 Å². The molecular weight excluding hydrogens is 480 g/mol. The van der Waals surface area contributed by atoms with Crippen molar-refractivity contribution in [1.29, 1.82) is 0 Å². The molecule has 1 unspecified atom stereocenters. The number of primary amides is 1. The summed E-state index contributed by atoms with van der Waals surface area (Å²) < 4.78 is 63.8. The van der Waals surface area contributed by atoms with E-state index in [1.165, 1.54) is 0 Å². The van der Waals surface area contributed by atoms with E-state index < -0.39 is 45.6 Å². The van der Waals surface area contributed by atoms with Gasteiger partial charge in [-0.05, 0) is 24.0 Å². The lowest BCUT2D eigenvalue weighted by molar-refractivity contribution is -0.00535. The summed E-state index contributed by atoms with van der Waals surface area (Å²) in [6, 6.07) is 7.10. The van der Waals surface area contributed by atoms with Crippen LogP contribution in [0, 0.1) is 23.3 Å². The normalized spacial score (nSPS) is 15.6. The molecule has 2 aromatic heterocycles. The van der Waals surface area contributed by atoms with E-state index in [0.717, 1.165) is 41.3 Å². The molecule has 1 aliphatic heterocycles. The highest BCUT2D eigenvalue weighted by Gasteiger charge is 2.27. The van der Waals surface area contributed by atoms with Gasteiger partial charge in [0.25, 0.3) is 5.91 Å². The number of aryl methyl sites for hydroxylation is 1. The molecule has 3 heterocycles. The molecule has 4 aromatic rings. The zero-order chi connectivity index (χ0) is 26.0. The Bertz CT molecular complexity index is 1390. The maximum atomic E-state index is 14.4. The van der Waals surface area contributed by atoms with Gasteiger partial charge in [-0.15, -0.1) is 0 Å². The zero-order valence-corrected chi connectivity index (χ0v) is 19.3. The van der Waals surface area contributed by atoms with Crippen molar-refractivity contribution in [2.45, 2.75) is 25.5 Å². The molecule has 3 N–H and O–H groups in total. The van der Waals surface area contributed by atoms with Gasteiger partial charge in [0, 0.05) is 38.2 Å². The molecule has 1 fully saturated rings. The van der Waals surface area contributed by atoms with E-state index in [1.807, 2.05) is 18.3 Å². The highest BCUT2D eigenvalue weighted by Crippen LogP contribution is 2.31. The van der Waals surface area contributed by atoms with Gasteiger partial charge in [0.05, 0.1) is 35.4 Å². The van der Waals surface area contributed by atoms with E-state index in [4.69, 9.17) is 15.6 Å². The van der Waals surface area contributed by atoms with Crippen molar-refractivity contribution >= 4 is 16.8 Å². The van der Waals surface area contributed by atoms with Crippen LogP contribution in [-0.4, -0.2) is 44.7 Å². The number of carbonyl (C=O) groups is 1. The van der Waals surface area contributed by atoms with Gasteiger partial charge in [-0.25, -0.2) is 17.6 Å². The molecule has 2 aromatic carbocycles. The van der Waals surface area contributed by atoms with Crippen LogP contribution in [0.4, 0.5) is 17.6 Å². The summed E-state index contributed by atoms with van der Waals surface area (Å²) in [5.74, 6) is -8.25. The van der Waals surface area contributed by atoms with Crippen LogP contribution in [0.5, 0.6) is 0 Å². The van der Waals surface area contributed by atoms with Crippen molar-refractivity contribution in [1.82, 2.24) is 14.3 Å². The quantitative estimate of drug-likeness (QED) is 0.250. The standard InChI is InChI=1S/C20H14F4N4O.C5H10O2/c1-27-8-12(6-26-27)11-4-2-10(3-5-11)7-28-9-13(20(25)29)14-15(21)16(22)17(23)18(24)19(14)28;6-5-2-1-3-7-4-5/h2-6,8-9H,7H2,1H3,(H2,25,29);5-6H,1-4H2. The summed E-state index contributed by atoms with van der Waals surface area (Å²) in [5.41, 5.74) is 6.67. The van der Waals surface area contributed by atoms with Crippen LogP contribution in [0.25, 0.3) is 22.0 Å².